The summed E-state index contributed by atoms with van der Waals surface area (Å²) in [6.07, 6.45) is 1.32. The van der Waals surface area contributed by atoms with E-state index in [0.717, 1.165) is 10.6 Å². The lowest BCUT2D eigenvalue weighted by molar-refractivity contribution is 0.102. The SMILES string of the molecule is O=C(Nc1ncn[nH]1)c1cc(-c2cccs2)[nH]n1. The van der Waals surface area contributed by atoms with Crippen LogP contribution < -0.4 is 5.32 Å². The van der Waals surface area contributed by atoms with Crippen molar-refractivity contribution >= 4 is 23.2 Å². The van der Waals surface area contributed by atoms with Gasteiger partial charge in [0, 0.05) is 0 Å². The molecule has 3 aromatic heterocycles. The van der Waals surface area contributed by atoms with Gasteiger partial charge in [0.05, 0.1) is 10.6 Å². The Labute approximate surface area is 105 Å². The lowest BCUT2D eigenvalue weighted by Crippen LogP contribution is -2.13. The molecule has 0 aromatic carbocycles. The highest BCUT2D eigenvalue weighted by Gasteiger charge is 2.12. The number of rotatable bonds is 3. The van der Waals surface area contributed by atoms with E-state index in [2.05, 4.69) is 30.7 Å². The maximum absolute atomic E-state index is 11.8. The topological polar surface area (TPSA) is 99.4 Å². The molecule has 8 heteroatoms. The number of carbonyl (C=O) groups excluding carboxylic acids is 1. The zero-order valence-electron chi connectivity index (χ0n) is 9.04. The average molecular weight is 260 g/mol. The van der Waals surface area contributed by atoms with Crippen molar-refractivity contribution in [2.24, 2.45) is 0 Å². The number of thiophene rings is 1. The third-order valence-corrected chi connectivity index (χ3v) is 3.15. The van der Waals surface area contributed by atoms with E-state index in [0.29, 0.717) is 11.6 Å². The molecule has 0 aliphatic carbocycles. The molecule has 1 amide bonds. The molecule has 0 aliphatic rings. The van der Waals surface area contributed by atoms with Crippen molar-refractivity contribution in [2.75, 3.05) is 5.32 Å². The highest BCUT2D eigenvalue weighted by molar-refractivity contribution is 7.13. The van der Waals surface area contributed by atoms with E-state index in [1.807, 2.05) is 17.5 Å². The Morgan fingerprint density at radius 2 is 2.33 bits per heavy atom. The number of nitrogens with zero attached hydrogens (tertiary/aromatic N) is 3. The van der Waals surface area contributed by atoms with Gasteiger partial charge >= 0.3 is 0 Å². The first-order valence-electron chi connectivity index (χ1n) is 5.09. The predicted molar refractivity (Wildman–Crippen MR) is 66.2 cm³/mol. The van der Waals surface area contributed by atoms with Crippen LogP contribution in [-0.4, -0.2) is 31.3 Å². The van der Waals surface area contributed by atoms with E-state index in [1.54, 1.807) is 17.4 Å². The Balaban J connectivity index is 1.79. The molecule has 0 fully saturated rings. The summed E-state index contributed by atoms with van der Waals surface area (Å²) in [6, 6.07) is 5.59. The minimum atomic E-state index is -0.342. The summed E-state index contributed by atoms with van der Waals surface area (Å²) < 4.78 is 0. The molecule has 0 radical (unpaired) electrons. The lowest BCUT2D eigenvalue weighted by Gasteiger charge is -1.95. The smallest absolute Gasteiger partial charge is 0.278 e. The van der Waals surface area contributed by atoms with Crippen LogP contribution in [0.15, 0.2) is 29.9 Å². The average Bonchev–Trinajstić information content (AvgIpc) is 3.11. The summed E-state index contributed by atoms with van der Waals surface area (Å²) in [5, 5.41) is 17.5. The molecule has 0 atom stereocenters. The van der Waals surface area contributed by atoms with Gasteiger partial charge in [-0.1, -0.05) is 6.07 Å². The summed E-state index contributed by atoms with van der Waals surface area (Å²) in [7, 11) is 0. The number of anilines is 1. The van der Waals surface area contributed by atoms with Crippen molar-refractivity contribution in [1.29, 1.82) is 0 Å². The van der Waals surface area contributed by atoms with Crippen LogP contribution in [0.1, 0.15) is 10.5 Å². The Kier molecular flexibility index (Phi) is 2.61. The van der Waals surface area contributed by atoms with E-state index in [1.165, 1.54) is 6.33 Å². The third-order valence-electron chi connectivity index (χ3n) is 2.24. The van der Waals surface area contributed by atoms with Crippen LogP contribution in [0.25, 0.3) is 10.6 Å². The van der Waals surface area contributed by atoms with Crippen molar-refractivity contribution in [3.05, 3.63) is 35.6 Å². The van der Waals surface area contributed by atoms with Gasteiger partial charge < -0.3 is 0 Å². The first-order valence-corrected chi connectivity index (χ1v) is 5.97. The zero-order valence-corrected chi connectivity index (χ0v) is 9.86. The normalized spacial score (nSPS) is 10.4. The van der Waals surface area contributed by atoms with Gasteiger partial charge in [0.2, 0.25) is 5.95 Å². The molecule has 3 N–H and O–H groups in total. The number of hydrogen-bond donors (Lipinski definition) is 3. The summed E-state index contributed by atoms with van der Waals surface area (Å²) >= 11 is 1.57. The fourth-order valence-electron chi connectivity index (χ4n) is 1.43. The highest BCUT2D eigenvalue weighted by atomic mass is 32.1. The fraction of sp³-hybridized carbons (Fsp3) is 0. The van der Waals surface area contributed by atoms with Crippen molar-refractivity contribution in [3.8, 4) is 10.6 Å². The fourth-order valence-corrected chi connectivity index (χ4v) is 2.13. The first kappa shape index (κ1) is 10.7. The minimum absolute atomic E-state index is 0.292. The van der Waals surface area contributed by atoms with Gasteiger partial charge in [-0.15, -0.1) is 11.3 Å². The third kappa shape index (κ3) is 2.00. The number of hydrogen-bond acceptors (Lipinski definition) is 5. The second-order valence-electron chi connectivity index (χ2n) is 3.43. The molecule has 0 saturated carbocycles. The standard InChI is InChI=1S/C10H8N6OS/c17-9(13-10-11-5-12-16-10)7-4-6(14-15-7)8-2-1-3-18-8/h1-5H,(H,14,15)(H2,11,12,13,16,17). The summed E-state index contributed by atoms with van der Waals surface area (Å²) in [4.78, 5) is 16.6. The Hall–Kier alpha value is -2.48. The van der Waals surface area contributed by atoms with Gasteiger partial charge in [-0.2, -0.15) is 15.2 Å². The van der Waals surface area contributed by atoms with E-state index in [-0.39, 0.29) is 5.91 Å². The molecule has 3 heterocycles. The van der Waals surface area contributed by atoms with E-state index in [9.17, 15) is 4.79 Å². The molecule has 0 aliphatic heterocycles. The largest absolute Gasteiger partial charge is 0.289 e. The molecule has 0 bridgehead atoms. The van der Waals surface area contributed by atoms with Crippen LogP contribution >= 0.6 is 11.3 Å². The first-order chi connectivity index (χ1) is 8.83. The van der Waals surface area contributed by atoms with E-state index < -0.39 is 0 Å². The maximum Gasteiger partial charge on any atom is 0.278 e. The van der Waals surface area contributed by atoms with Gasteiger partial charge in [-0.3, -0.25) is 15.2 Å². The number of amides is 1. The second-order valence-corrected chi connectivity index (χ2v) is 4.38. The summed E-state index contributed by atoms with van der Waals surface area (Å²) in [5.41, 5.74) is 1.11. The number of H-pyrrole nitrogens is 2. The van der Waals surface area contributed by atoms with Gasteiger partial charge in [-0.05, 0) is 17.5 Å². The molecular formula is C10H8N6OS. The van der Waals surface area contributed by atoms with Crippen LogP contribution in [0.2, 0.25) is 0 Å². The van der Waals surface area contributed by atoms with Gasteiger partial charge in [0.25, 0.3) is 5.91 Å². The Morgan fingerprint density at radius 3 is 3.06 bits per heavy atom. The Morgan fingerprint density at radius 1 is 1.39 bits per heavy atom. The minimum Gasteiger partial charge on any atom is -0.289 e. The molecule has 7 nitrogen and oxygen atoms in total. The Bertz CT molecular complexity index is 642. The van der Waals surface area contributed by atoms with Gasteiger partial charge in [0.15, 0.2) is 5.69 Å². The zero-order chi connectivity index (χ0) is 12.4. The molecular weight excluding hydrogens is 252 g/mol. The van der Waals surface area contributed by atoms with Crippen LogP contribution in [0, 0.1) is 0 Å². The highest BCUT2D eigenvalue weighted by Crippen LogP contribution is 2.22. The molecule has 0 saturated heterocycles. The molecule has 0 unspecified atom stereocenters. The van der Waals surface area contributed by atoms with E-state index >= 15 is 0 Å². The second kappa shape index (κ2) is 4.41. The maximum atomic E-state index is 11.8. The van der Waals surface area contributed by atoms with Crippen LogP contribution in [0.4, 0.5) is 5.95 Å². The van der Waals surface area contributed by atoms with E-state index in [4.69, 9.17) is 0 Å². The number of aromatic amines is 2. The lowest BCUT2D eigenvalue weighted by atomic mass is 10.3. The molecule has 90 valence electrons. The number of nitrogens with one attached hydrogen (secondary N) is 3. The van der Waals surface area contributed by atoms with Crippen molar-refractivity contribution in [2.45, 2.75) is 0 Å². The quantitative estimate of drug-likeness (QED) is 0.664. The molecule has 3 aromatic rings. The van der Waals surface area contributed by atoms with Crippen molar-refractivity contribution in [3.63, 3.8) is 0 Å². The van der Waals surface area contributed by atoms with Crippen LogP contribution in [0.3, 0.4) is 0 Å². The summed E-state index contributed by atoms with van der Waals surface area (Å²) in [5.74, 6) is -0.0496. The van der Waals surface area contributed by atoms with Crippen LogP contribution in [-0.2, 0) is 0 Å². The molecule has 18 heavy (non-hydrogen) atoms. The number of aromatic nitrogens is 5. The van der Waals surface area contributed by atoms with Gasteiger partial charge in [0.1, 0.15) is 6.33 Å². The van der Waals surface area contributed by atoms with Gasteiger partial charge in [-0.25, -0.2) is 5.10 Å². The van der Waals surface area contributed by atoms with Crippen molar-refractivity contribution in [1.82, 2.24) is 25.4 Å². The molecule has 0 spiro atoms. The van der Waals surface area contributed by atoms with Crippen molar-refractivity contribution < 1.29 is 4.79 Å². The molecule has 3 rings (SSSR count). The predicted octanol–water partition coefficient (Wildman–Crippen LogP) is 1.51. The van der Waals surface area contributed by atoms with Crippen LogP contribution in [0.5, 0.6) is 0 Å². The summed E-state index contributed by atoms with van der Waals surface area (Å²) in [6.45, 7) is 0. The number of carbonyl (C=O) groups is 1. The monoisotopic (exact) mass is 260 g/mol.